The fourth-order valence-electron chi connectivity index (χ4n) is 4.31. The molecule has 1 aromatic carbocycles. The molecule has 1 aromatic heterocycles. The Morgan fingerprint density at radius 2 is 2.16 bits per heavy atom. The van der Waals surface area contributed by atoms with Crippen LogP contribution >= 0.6 is 33.9 Å². The monoisotopic (exact) mass is 556 g/mol. The van der Waals surface area contributed by atoms with Gasteiger partial charge in [0.05, 0.1) is 16.1 Å². The number of anilines is 2. The Hall–Kier alpha value is -1.72. The molecule has 4 rings (SSSR count). The van der Waals surface area contributed by atoms with Gasteiger partial charge in [-0.25, -0.2) is 4.39 Å². The average Bonchev–Trinajstić information content (AvgIpc) is 3.28. The largest absolute Gasteiger partial charge is 0.348 e. The lowest BCUT2D eigenvalue weighted by molar-refractivity contribution is 0.0757. The van der Waals surface area contributed by atoms with Crippen molar-refractivity contribution >= 4 is 56.4 Å². The van der Waals surface area contributed by atoms with E-state index in [1.165, 1.54) is 17.4 Å². The Morgan fingerprint density at radius 3 is 2.84 bits per heavy atom. The van der Waals surface area contributed by atoms with E-state index in [-0.39, 0.29) is 29.0 Å². The minimum Gasteiger partial charge on any atom is -0.348 e. The number of fused-ring (bicyclic) bond motifs is 1. The van der Waals surface area contributed by atoms with Gasteiger partial charge in [0.15, 0.2) is 0 Å². The number of nitrogens with one attached hydrogen (secondary N) is 3. The zero-order chi connectivity index (χ0) is 22.3. The minimum atomic E-state index is -0.398. The molecule has 2 aliphatic rings. The van der Waals surface area contributed by atoms with Gasteiger partial charge in [0.25, 0.3) is 11.8 Å². The smallest absolute Gasteiger partial charge is 0.264 e. The van der Waals surface area contributed by atoms with Crippen LogP contribution in [0.15, 0.2) is 18.2 Å². The van der Waals surface area contributed by atoms with E-state index in [9.17, 15) is 14.0 Å². The molecule has 1 atom stereocenters. The number of rotatable bonds is 4. The fraction of sp³-hybridized carbons (Fsp3) is 0.455. The summed E-state index contributed by atoms with van der Waals surface area (Å²) in [7, 11) is 1.79. The molecule has 166 valence electrons. The van der Waals surface area contributed by atoms with E-state index in [2.05, 4.69) is 52.4 Å². The van der Waals surface area contributed by atoms with Crippen molar-refractivity contribution in [3.8, 4) is 0 Å². The summed E-state index contributed by atoms with van der Waals surface area (Å²) in [6, 6.07) is 4.94. The molecule has 0 bridgehead atoms. The Morgan fingerprint density at radius 1 is 1.39 bits per heavy atom. The maximum atomic E-state index is 14.6. The summed E-state index contributed by atoms with van der Waals surface area (Å²) in [5.74, 6) is -0.711. The van der Waals surface area contributed by atoms with Crippen LogP contribution in [0.5, 0.6) is 0 Å². The highest BCUT2D eigenvalue weighted by atomic mass is 127. The minimum absolute atomic E-state index is 0.0445. The number of halogens is 2. The molecule has 31 heavy (non-hydrogen) atoms. The summed E-state index contributed by atoms with van der Waals surface area (Å²) < 4.78 is 15.3. The number of benzene rings is 1. The Balaban J connectivity index is 1.79. The maximum Gasteiger partial charge on any atom is 0.264 e. The summed E-state index contributed by atoms with van der Waals surface area (Å²) in [4.78, 5) is 28.8. The van der Waals surface area contributed by atoms with Crippen LogP contribution < -0.4 is 16.0 Å². The standard InChI is InChI=1S/C22H26FIN4O2S/c1-22(2)9-14-17(19(29)26-13-6-7-25-10-13)20(31-18(14)21(30)28(3)11-22)27-16-5-4-12(24)8-15(16)23/h4-5,8,13,25,27H,6-7,9-11H2,1-3H3,(H,26,29). The van der Waals surface area contributed by atoms with Gasteiger partial charge >= 0.3 is 0 Å². The van der Waals surface area contributed by atoms with Gasteiger partial charge in [0.1, 0.15) is 10.8 Å². The first-order valence-electron chi connectivity index (χ1n) is 10.3. The third-order valence-corrected chi connectivity index (χ3v) is 7.48. The molecule has 0 aliphatic carbocycles. The predicted octanol–water partition coefficient (Wildman–Crippen LogP) is 3.98. The van der Waals surface area contributed by atoms with Crippen LogP contribution in [0.4, 0.5) is 15.1 Å². The van der Waals surface area contributed by atoms with E-state index in [0.29, 0.717) is 28.4 Å². The Labute approximate surface area is 199 Å². The van der Waals surface area contributed by atoms with Crippen molar-refractivity contribution in [2.24, 2.45) is 5.41 Å². The second-order valence-corrected chi connectivity index (χ2v) is 11.3. The lowest BCUT2D eigenvalue weighted by Gasteiger charge is -2.27. The average molecular weight is 556 g/mol. The van der Waals surface area contributed by atoms with Gasteiger partial charge in [-0.15, -0.1) is 11.3 Å². The predicted molar refractivity (Wildman–Crippen MR) is 130 cm³/mol. The van der Waals surface area contributed by atoms with Crippen molar-refractivity contribution < 1.29 is 14.0 Å². The van der Waals surface area contributed by atoms with Crippen LogP contribution in [0.1, 0.15) is 45.9 Å². The van der Waals surface area contributed by atoms with Crippen LogP contribution in [-0.2, 0) is 6.42 Å². The first kappa shape index (κ1) is 22.5. The number of thiophene rings is 1. The Bertz CT molecular complexity index is 1030. The van der Waals surface area contributed by atoms with Crippen LogP contribution in [0.25, 0.3) is 0 Å². The topological polar surface area (TPSA) is 73.5 Å². The molecule has 0 saturated carbocycles. The number of carbonyl (C=O) groups is 2. The summed E-state index contributed by atoms with van der Waals surface area (Å²) in [6.07, 6.45) is 1.46. The fourth-order valence-corrected chi connectivity index (χ4v) is 5.98. The summed E-state index contributed by atoms with van der Waals surface area (Å²) in [5.41, 5.74) is 1.31. The van der Waals surface area contributed by atoms with E-state index in [0.717, 1.165) is 28.6 Å². The highest BCUT2D eigenvalue weighted by molar-refractivity contribution is 14.1. The van der Waals surface area contributed by atoms with E-state index in [1.54, 1.807) is 24.1 Å². The van der Waals surface area contributed by atoms with E-state index in [1.807, 2.05) is 0 Å². The van der Waals surface area contributed by atoms with E-state index < -0.39 is 5.82 Å². The lowest BCUT2D eigenvalue weighted by Crippen LogP contribution is -2.37. The molecular weight excluding hydrogens is 530 g/mol. The van der Waals surface area contributed by atoms with Crippen molar-refractivity contribution in [2.75, 3.05) is 32.0 Å². The van der Waals surface area contributed by atoms with Gasteiger partial charge in [-0.1, -0.05) is 13.8 Å². The molecule has 9 heteroatoms. The number of hydrogen-bond acceptors (Lipinski definition) is 5. The van der Waals surface area contributed by atoms with Gasteiger partial charge in [0, 0.05) is 29.7 Å². The van der Waals surface area contributed by atoms with Crippen molar-refractivity contribution in [3.63, 3.8) is 0 Å². The van der Waals surface area contributed by atoms with Gasteiger partial charge < -0.3 is 20.9 Å². The van der Waals surface area contributed by atoms with Crippen LogP contribution in [0.3, 0.4) is 0 Å². The first-order chi connectivity index (χ1) is 14.6. The van der Waals surface area contributed by atoms with Crippen molar-refractivity contribution in [1.82, 2.24) is 15.5 Å². The highest BCUT2D eigenvalue weighted by Crippen LogP contribution is 2.42. The third-order valence-electron chi connectivity index (χ3n) is 5.67. The molecule has 1 unspecified atom stereocenters. The number of amides is 2. The van der Waals surface area contributed by atoms with Gasteiger partial charge in [-0.3, -0.25) is 9.59 Å². The first-order valence-corrected chi connectivity index (χ1v) is 12.2. The van der Waals surface area contributed by atoms with Gasteiger partial charge in [-0.2, -0.15) is 0 Å². The zero-order valence-electron chi connectivity index (χ0n) is 17.8. The molecule has 2 amide bonds. The quantitative estimate of drug-likeness (QED) is 0.499. The zero-order valence-corrected chi connectivity index (χ0v) is 20.7. The summed E-state index contributed by atoms with van der Waals surface area (Å²) in [6.45, 7) is 6.38. The Kier molecular flexibility index (Phi) is 6.28. The molecule has 3 N–H and O–H groups in total. The molecule has 2 aromatic rings. The second kappa shape index (κ2) is 8.67. The second-order valence-electron chi connectivity index (χ2n) is 9.03. The molecule has 0 spiro atoms. The number of hydrogen-bond donors (Lipinski definition) is 3. The van der Waals surface area contributed by atoms with Crippen LogP contribution in [-0.4, -0.2) is 49.4 Å². The van der Waals surface area contributed by atoms with E-state index in [4.69, 9.17) is 0 Å². The van der Waals surface area contributed by atoms with Gasteiger partial charge in [0.2, 0.25) is 0 Å². The van der Waals surface area contributed by atoms with Crippen molar-refractivity contribution in [1.29, 1.82) is 0 Å². The number of nitrogens with zero attached hydrogens (tertiary/aromatic N) is 1. The summed E-state index contributed by atoms with van der Waals surface area (Å²) in [5, 5.41) is 9.96. The highest BCUT2D eigenvalue weighted by Gasteiger charge is 2.37. The third kappa shape index (κ3) is 4.73. The molecule has 6 nitrogen and oxygen atoms in total. The molecule has 2 aliphatic heterocycles. The van der Waals surface area contributed by atoms with Gasteiger partial charge in [-0.05, 0) is 71.2 Å². The molecule has 3 heterocycles. The van der Waals surface area contributed by atoms with E-state index >= 15 is 0 Å². The molecule has 1 fully saturated rings. The summed E-state index contributed by atoms with van der Waals surface area (Å²) >= 11 is 3.29. The molecule has 0 radical (unpaired) electrons. The van der Waals surface area contributed by atoms with Crippen LogP contribution in [0, 0.1) is 14.8 Å². The van der Waals surface area contributed by atoms with Crippen molar-refractivity contribution in [3.05, 3.63) is 43.6 Å². The van der Waals surface area contributed by atoms with Crippen molar-refractivity contribution in [2.45, 2.75) is 32.7 Å². The van der Waals surface area contributed by atoms with Crippen LogP contribution in [0.2, 0.25) is 0 Å². The normalized spacial score (nSPS) is 20.4. The molecular formula is C22H26FIN4O2S. The SMILES string of the molecule is CN1CC(C)(C)Cc2c(sc(Nc3ccc(I)cc3F)c2C(=O)NC2CCNC2)C1=O. The molecule has 1 saturated heterocycles. The maximum absolute atomic E-state index is 14.6. The lowest BCUT2D eigenvalue weighted by atomic mass is 9.85. The number of carbonyl (C=O) groups excluding carboxylic acids is 2.